The molecule has 0 aliphatic carbocycles. The maximum Gasteiger partial charge on any atom is 0.178 e. The summed E-state index contributed by atoms with van der Waals surface area (Å²) in [6, 6.07) is 9.99. The van der Waals surface area contributed by atoms with Crippen molar-refractivity contribution in [1.82, 2.24) is 10.1 Å². The zero-order chi connectivity index (χ0) is 22.7. The molecular weight excluding hydrogens is 396 g/mol. The highest BCUT2D eigenvalue weighted by molar-refractivity contribution is 7.07. The quantitative estimate of drug-likeness (QED) is 0.443. The molecule has 162 valence electrons. The molecule has 2 aromatic heterocycles. The molecule has 6 nitrogen and oxygen atoms in total. The van der Waals surface area contributed by atoms with Gasteiger partial charge in [-0.15, -0.1) is 11.3 Å². The number of hydrogen-bond donors (Lipinski definition) is 2. The molecule has 0 aliphatic heterocycles. The van der Waals surface area contributed by atoms with E-state index in [4.69, 9.17) is 4.52 Å². The summed E-state index contributed by atoms with van der Waals surface area (Å²) >= 11 is 1.44. The van der Waals surface area contributed by atoms with E-state index in [1.54, 1.807) is 10.9 Å². The summed E-state index contributed by atoms with van der Waals surface area (Å²) in [5, 5.41) is 12.0. The Kier molecular flexibility index (Phi) is 9.98. The fraction of sp³-hybridized carbons (Fsp3) is 0.348. The molecule has 3 aromatic rings. The number of rotatable bonds is 5. The van der Waals surface area contributed by atoms with Gasteiger partial charge in [-0.3, -0.25) is 4.79 Å². The number of carbonyl (C=O) groups is 1. The van der Waals surface area contributed by atoms with Gasteiger partial charge in [0.15, 0.2) is 11.6 Å². The molecule has 0 radical (unpaired) electrons. The van der Waals surface area contributed by atoms with E-state index in [0.717, 1.165) is 11.4 Å². The number of hydrogen-bond acceptors (Lipinski definition) is 7. The molecule has 0 aliphatic rings. The number of Topliss-reactive ketones (excluding diaryl/α,β-unsaturated/α-hetero) is 1. The van der Waals surface area contributed by atoms with Crippen molar-refractivity contribution < 1.29 is 9.32 Å². The molecule has 0 saturated carbocycles. The Morgan fingerprint density at radius 3 is 2.20 bits per heavy atom. The molecule has 7 heteroatoms. The molecule has 2 N–H and O–H groups in total. The van der Waals surface area contributed by atoms with Crippen LogP contribution in [0.5, 0.6) is 0 Å². The monoisotopic (exact) mass is 428 g/mol. The van der Waals surface area contributed by atoms with Gasteiger partial charge in [0.05, 0.1) is 5.51 Å². The third-order valence-corrected chi connectivity index (χ3v) is 4.25. The van der Waals surface area contributed by atoms with Crippen molar-refractivity contribution in [3.8, 4) is 0 Å². The van der Waals surface area contributed by atoms with E-state index < -0.39 is 0 Å². The number of nitrogens with one attached hydrogen (secondary N) is 2. The minimum atomic E-state index is -0.0569. The van der Waals surface area contributed by atoms with Crippen molar-refractivity contribution >= 4 is 28.6 Å². The van der Waals surface area contributed by atoms with Crippen LogP contribution in [0.1, 0.15) is 63.4 Å². The van der Waals surface area contributed by atoms with Gasteiger partial charge >= 0.3 is 0 Å². The van der Waals surface area contributed by atoms with Crippen molar-refractivity contribution in [2.45, 2.75) is 53.9 Å². The summed E-state index contributed by atoms with van der Waals surface area (Å²) in [5.41, 5.74) is 4.36. The lowest BCUT2D eigenvalue weighted by atomic mass is 9.93. The van der Waals surface area contributed by atoms with Gasteiger partial charge in [0.25, 0.3) is 0 Å². The number of nitrogens with zero attached hydrogens (tertiary/aromatic N) is 2. The maximum atomic E-state index is 10.5. The maximum absolute atomic E-state index is 10.5. The first-order valence-electron chi connectivity index (χ1n) is 9.81. The molecule has 2 heterocycles. The van der Waals surface area contributed by atoms with Crippen LogP contribution in [0.4, 0.5) is 11.5 Å². The number of ketones is 1. The third-order valence-electron chi connectivity index (χ3n) is 3.67. The first kappa shape index (κ1) is 25.1. The van der Waals surface area contributed by atoms with Gasteiger partial charge in [-0.25, -0.2) is 4.98 Å². The fourth-order valence-electron chi connectivity index (χ4n) is 2.07. The Bertz CT molecular complexity index is 908. The molecule has 0 fully saturated rings. The summed E-state index contributed by atoms with van der Waals surface area (Å²) < 4.78 is 5.31. The first-order valence-corrected chi connectivity index (χ1v) is 10.8. The van der Waals surface area contributed by atoms with Crippen LogP contribution in [-0.2, 0) is 5.41 Å². The standard InChI is InChI=1S/C16H21N3O.C5H5NOS.C2H6/c1-11-6-8-13(9-7-11)17-12(2)18-15-10-14(20-19-15)16(3,4)5;1-4(7)5-2-8-3-6-5;1-2/h6-10,17H,2H2,1,3-5H3,(H,18,19);2-3H,1H3;1-2H3. The van der Waals surface area contributed by atoms with Crippen molar-refractivity contribution in [3.63, 3.8) is 0 Å². The summed E-state index contributed by atoms with van der Waals surface area (Å²) in [4.78, 5) is 14.2. The van der Waals surface area contributed by atoms with Gasteiger partial charge in [-0.05, 0) is 19.1 Å². The topological polar surface area (TPSA) is 80.0 Å². The van der Waals surface area contributed by atoms with Crippen molar-refractivity contribution in [2.75, 3.05) is 10.6 Å². The van der Waals surface area contributed by atoms with Crippen LogP contribution in [0.15, 0.2) is 58.1 Å². The van der Waals surface area contributed by atoms with Crippen LogP contribution >= 0.6 is 11.3 Å². The van der Waals surface area contributed by atoms with Gasteiger partial charge in [-0.2, -0.15) is 0 Å². The lowest BCUT2D eigenvalue weighted by Gasteiger charge is -2.12. The first-order chi connectivity index (χ1) is 14.1. The number of thiazole rings is 1. The highest BCUT2D eigenvalue weighted by atomic mass is 32.1. The van der Waals surface area contributed by atoms with Gasteiger partial charge in [0, 0.05) is 29.5 Å². The molecule has 1 aromatic carbocycles. The second-order valence-corrected chi connectivity index (χ2v) is 8.07. The van der Waals surface area contributed by atoms with Gasteiger partial charge in [-0.1, -0.05) is 64.1 Å². The van der Waals surface area contributed by atoms with E-state index in [-0.39, 0.29) is 11.2 Å². The minimum Gasteiger partial charge on any atom is -0.359 e. The van der Waals surface area contributed by atoms with Crippen molar-refractivity contribution in [1.29, 1.82) is 0 Å². The van der Waals surface area contributed by atoms with E-state index in [2.05, 4.69) is 55.0 Å². The normalized spacial score (nSPS) is 10.1. The average molecular weight is 429 g/mol. The van der Waals surface area contributed by atoms with Gasteiger partial charge < -0.3 is 15.2 Å². The SMILES string of the molecule is C=C(Nc1ccc(C)cc1)Nc1cc(C(C)(C)C)on1.CC.CC(=O)c1cscn1. The Labute approximate surface area is 183 Å². The van der Waals surface area contributed by atoms with E-state index in [9.17, 15) is 4.79 Å². The van der Waals surface area contributed by atoms with Gasteiger partial charge in [0.1, 0.15) is 17.3 Å². The summed E-state index contributed by atoms with van der Waals surface area (Å²) in [6.45, 7) is 17.7. The predicted molar refractivity (Wildman–Crippen MR) is 126 cm³/mol. The van der Waals surface area contributed by atoms with Crippen LogP contribution in [-0.4, -0.2) is 15.9 Å². The largest absolute Gasteiger partial charge is 0.359 e. The highest BCUT2D eigenvalue weighted by Crippen LogP contribution is 2.24. The third kappa shape index (κ3) is 8.61. The Hall–Kier alpha value is -2.93. The van der Waals surface area contributed by atoms with Crippen molar-refractivity contribution in [3.05, 3.63) is 70.6 Å². The van der Waals surface area contributed by atoms with Crippen molar-refractivity contribution in [2.24, 2.45) is 0 Å². The van der Waals surface area contributed by atoms with E-state index in [0.29, 0.717) is 17.3 Å². The lowest BCUT2D eigenvalue weighted by Crippen LogP contribution is -2.10. The molecule has 3 rings (SSSR count). The molecule has 30 heavy (non-hydrogen) atoms. The van der Waals surface area contributed by atoms with E-state index in [1.165, 1.54) is 23.8 Å². The second kappa shape index (κ2) is 11.9. The highest BCUT2D eigenvalue weighted by Gasteiger charge is 2.19. The van der Waals surface area contributed by atoms with Crippen LogP contribution in [0, 0.1) is 6.92 Å². The second-order valence-electron chi connectivity index (χ2n) is 7.35. The fourth-order valence-corrected chi connectivity index (χ4v) is 2.66. The predicted octanol–water partition coefficient (Wildman–Crippen LogP) is 6.65. The molecule has 0 saturated heterocycles. The Morgan fingerprint density at radius 1 is 1.13 bits per heavy atom. The summed E-state index contributed by atoms with van der Waals surface area (Å²) in [7, 11) is 0. The minimum absolute atomic E-state index is 0.0336. The Balaban J connectivity index is 0.000000375. The lowest BCUT2D eigenvalue weighted by molar-refractivity contribution is 0.101. The number of aryl methyl sites for hydroxylation is 1. The number of benzene rings is 1. The zero-order valence-corrected chi connectivity index (χ0v) is 19.7. The number of aromatic nitrogens is 2. The molecule has 0 atom stereocenters. The van der Waals surface area contributed by atoms with Crippen LogP contribution in [0.25, 0.3) is 0 Å². The zero-order valence-electron chi connectivity index (χ0n) is 18.9. The van der Waals surface area contributed by atoms with E-state index >= 15 is 0 Å². The van der Waals surface area contributed by atoms with Crippen LogP contribution in [0.2, 0.25) is 0 Å². The molecule has 0 amide bonds. The smallest absolute Gasteiger partial charge is 0.178 e. The average Bonchev–Trinajstić information content (AvgIpc) is 3.37. The Morgan fingerprint density at radius 2 is 1.77 bits per heavy atom. The molecule has 0 spiro atoms. The van der Waals surface area contributed by atoms with E-state index in [1.807, 2.05) is 44.2 Å². The molecule has 0 bridgehead atoms. The summed E-state index contributed by atoms with van der Waals surface area (Å²) in [5.74, 6) is 2.18. The molecule has 0 unspecified atom stereocenters. The van der Waals surface area contributed by atoms with Crippen LogP contribution < -0.4 is 10.6 Å². The van der Waals surface area contributed by atoms with Crippen LogP contribution in [0.3, 0.4) is 0 Å². The molecular formula is C23H32N4O2S. The number of anilines is 2. The summed E-state index contributed by atoms with van der Waals surface area (Å²) in [6.07, 6.45) is 0. The van der Waals surface area contributed by atoms with Gasteiger partial charge in [0.2, 0.25) is 0 Å². The number of carbonyl (C=O) groups excluding carboxylic acids is 1.